The average Bonchev–Trinajstić information content (AvgIpc) is 2.46. The van der Waals surface area contributed by atoms with Crippen molar-refractivity contribution < 1.29 is 9.59 Å². The van der Waals surface area contributed by atoms with Gasteiger partial charge in [-0.15, -0.1) is 0 Å². The minimum Gasteiger partial charge on any atom is -0.368 e. The molecule has 7 nitrogen and oxygen atoms in total. The zero-order valence-electron chi connectivity index (χ0n) is 11.7. The molecular weight excluding hydrogens is 258 g/mol. The molecular formula is C13H19N5O2. The quantitative estimate of drug-likeness (QED) is 0.804. The molecule has 1 atom stereocenters. The van der Waals surface area contributed by atoms with Gasteiger partial charge in [-0.3, -0.25) is 19.5 Å². The van der Waals surface area contributed by atoms with Crippen LogP contribution in [0.4, 0.5) is 0 Å². The van der Waals surface area contributed by atoms with Crippen LogP contribution in [0.3, 0.4) is 0 Å². The summed E-state index contributed by atoms with van der Waals surface area (Å²) in [5, 5.41) is 0. The highest BCUT2D eigenvalue weighted by atomic mass is 16.2. The van der Waals surface area contributed by atoms with E-state index in [1.54, 1.807) is 0 Å². The normalized spacial score (nSPS) is 20.1. The van der Waals surface area contributed by atoms with Crippen molar-refractivity contribution in [2.24, 2.45) is 5.73 Å². The number of nitrogens with zero attached hydrogens (tertiary/aromatic N) is 4. The smallest absolute Gasteiger partial charge is 0.274 e. The summed E-state index contributed by atoms with van der Waals surface area (Å²) >= 11 is 0. The van der Waals surface area contributed by atoms with E-state index in [2.05, 4.69) is 28.7 Å². The van der Waals surface area contributed by atoms with Crippen LogP contribution in [0.15, 0.2) is 18.6 Å². The molecule has 2 amide bonds. The van der Waals surface area contributed by atoms with Crippen LogP contribution in [0.1, 0.15) is 24.3 Å². The fourth-order valence-corrected chi connectivity index (χ4v) is 2.32. The second kappa shape index (κ2) is 5.96. The molecule has 2 N–H and O–H groups in total. The number of carbonyl (C=O) groups excluding carboxylic acids is 2. The van der Waals surface area contributed by atoms with E-state index >= 15 is 0 Å². The third-order valence-electron chi connectivity index (χ3n) is 3.51. The second-order valence-electron chi connectivity index (χ2n) is 5.10. The molecule has 1 aromatic heterocycles. The van der Waals surface area contributed by atoms with Gasteiger partial charge in [-0.05, 0) is 13.8 Å². The topological polar surface area (TPSA) is 92.4 Å². The van der Waals surface area contributed by atoms with Gasteiger partial charge in [0.15, 0.2) is 0 Å². The van der Waals surface area contributed by atoms with Crippen LogP contribution in [-0.2, 0) is 4.79 Å². The number of carbonyl (C=O) groups is 2. The van der Waals surface area contributed by atoms with E-state index < -0.39 is 11.9 Å². The molecule has 2 rings (SSSR count). The summed E-state index contributed by atoms with van der Waals surface area (Å²) in [4.78, 5) is 35.5. The summed E-state index contributed by atoms with van der Waals surface area (Å²) in [5.41, 5.74) is 5.67. The maximum absolute atomic E-state index is 12.4. The summed E-state index contributed by atoms with van der Waals surface area (Å²) in [6, 6.07) is -0.314. The predicted molar refractivity (Wildman–Crippen MR) is 72.8 cm³/mol. The van der Waals surface area contributed by atoms with Crippen molar-refractivity contribution in [3.63, 3.8) is 0 Å². The fraction of sp³-hybridized carbons (Fsp3) is 0.538. The highest BCUT2D eigenvalue weighted by Gasteiger charge is 2.35. The van der Waals surface area contributed by atoms with Crippen LogP contribution in [0.2, 0.25) is 0 Å². The van der Waals surface area contributed by atoms with E-state index in [-0.39, 0.29) is 11.6 Å². The maximum Gasteiger partial charge on any atom is 0.274 e. The molecule has 20 heavy (non-hydrogen) atoms. The molecule has 0 saturated carbocycles. The summed E-state index contributed by atoms with van der Waals surface area (Å²) < 4.78 is 0. The fourth-order valence-electron chi connectivity index (χ4n) is 2.32. The number of rotatable bonds is 3. The van der Waals surface area contributed by atoms with Gasteiger partial charge < -0.3 is 10.6 Å². The Morgan fingerprint density at radius 3 is 2.65 bits per heavy atom. The standard InChI is InChI=1S/C13H19N5O2/c1-9(2)17-5-6-18(11(8-17)12(14)19)13(20)10-7-15-3-4-16-10/h3-4,7,9,11H,5-6,8H2,1-2H3,(H2,14,19)/t11-/m0/s1. The van der Waals surface area contributed by atoms with E-state index in [1.165, 1.54) is 23.5 Å². The molecule has 0 spiro atoms. The van der Waals surface area contributed by atoms with Crippen molar-refractivity contribution in [2.75, 3.05) is 19.6 Å². The lowest BCUT2D eigenvalue weighted by molar-refractivity contribution is -0.124. The van der Waals surface area contributed by atoms with Gasteiger partial charge >= 0.3 is 0 Å². The number of piperazine rings is 1. The maximum atomic E-state index is 12.4. The minimum absolute atomic E-state index is 0.233. The van der Waals surface area contributed by atoms with Gasteiger partial charge in [0.2, 0.25) is 5.91 Å². The van der Waals surface area contributed by atoms with Gasteiger partial charge in [-0.25, -0.2) is 4.98 Å². The molecule has 1 aliphatic heterocycles. The van der Waals surface area contributed by atoms with Crippen molar-refractivity contribution in [2.45, 2.75) is 25.9 Å². The van der Waals surface area contributed by atoms with E-state index in [9.17, 15) is 9.59 Å². The molecule has 1 aromatic rings. The van der Waals surface area contributed by atoms with Crippen molar-refractivity contribution in [1.82, 2.24) is 19.8 Å². The Morgan fingerprint density at radius 1 is 1.35 bits per heavy atom. The molecule has 0 unspecified atom stereocenters. The summed E-state index contributed by atoms with van der Waals surface area (Å²) in [6.07, 6.45) is 4.35. The lowest BCUT2D eigenvalue weighted by Gasteiger charge is -2.41. The predicted octanol–water partition coefficient (Wildman–Crippen LogP) is -0.503. The van der Waals surface area contributed by atoms with E-state index in [0.29, 0.717) is 25.7 Å². The summed E-state index contributed by atoms with van der Waals surface area (Å²) in [6.45, 7) is 5.74. The number of amides is 2. The van der Waals surface area contributed by atoms with Crippen LogP contribution in [0, 0.1) is 0 Å². The Balaban J connectivity index is 2.18. The average molecular weight is 277 g/mol. The molecule has 0 aromatic carbocycles. The molecule has 0 aliphatic carbocycles. The number of nitrogens with two attached hydrogens (primary N) is 1. The van der Waals surface area contributed by atoms with E-state index in [0.717, 1.165) is 0 Å². The van der Waals surface area contributed by atoms with E-state index in [4.69, 9.17) is 5.73 Å². The Morgan fingerprint density at radius 2 is 2.10 bits per heavy atom. The van der Waals surface area contributed by atoms with Crippen LogP contribution >= 0.6 is 0 Å². The monoisotopic (exact) mass is 277 g/mol. The Bertz CT molecular complexity index is 491. The Hall–Kier alpha value is -2.02. The third kappa shape index (κ3) is 2.93. The van der Waals surface area contributed by atoms with Crippen molar-refractivity contribution in [1.29, 1.82) is 0 Å². The van der Waals surface area contributed by atoms with Crippen molar-refractivity contribution >= 4 is 11.8 Å². The van der Waals surface area contributed by atoms with E-state index in [1.807, 2.05) is 0 Å². The summed E-state index contributed by atoms with van der Waals surface area (Å²) in [7, 11) is 0. The van der Waals surface area contributed by atoms with Gasteiger partial charge in [0.25, 0.3) is 5.91 Å². The molecule has 0 radical (unpaired) electrons. The lowest BCUT2D eigenvalue weighted by atomic mass is 10.1. The lowest BCUT2D eigenvalue weighted by Crippen LogP contribution is -2.61. The van der Waals surface area contributed by atoms with Gasteiger partial charge in [0, 0.05) is 38.1 Å². The zero-order chi connectivity index (χ0) is 14.7. The van der Waals surface area contributed by atoms with Crippen LogP contribution in [-0.4, -0.2) is 63.3 Å². The van der Waals surface area contributed by atoms with Crippen molar-refractivity contribution in [3.05, 3.63) is 24.3 Å². The minimum atomic E-state index is -0.624. The van der Waals surface area contributed by atoms with Gasteiger partial charge in [-0.2, -0.15) is 0 Å². The van der Waals surface area contributed by atoms with Gasteiger partial charge in [0.1, 0.15) is 11.7 Å². The number of hydrogen-bond donors (Lipinski definition) is 1. The first-order chi connectivity index (χ1) is 9.50. The molecule has 1 fully saturated rings. The molecule has 1 aliphatic rings. The molecule has 108 valence electrons. The summed E-state index contributed by atoms with van der Waals surface area (Å²) in [5.74, 6) is -0.794. The first kappa shape index (κ1) is 14.4. The molecule has 7 heteroatoms. The molecule has 0 bridgehead atoms. The van der Waals surface area contributed by atoms with Crippen LogP contribution in [0.25, 0.3) is 0 Å². The Labute approximate surface area is 117 Å². The largest absolute Gasteiger partial charge is 0.368 e. The first-order valence-corrected chi connectivity index (χ1v) is 6.61. The SMILES string of the molecule is CC(C)N1CCN(C(=O)c2cnccn2)[C@H](C(N)=O)C1. The highest BCUT2D eigenvalue weighted by Crippen LogP contribution is 2.14. The van der Waals surface area contributed by atoms with Gasteiger partial charge in [0.05, 0.1) is 6.20 Å². The van der Waals surface area contributed by atoms with Crippen LogP contribution in [0.5, 0.6) is 0 Å². The second-order valence-corrected chi connectivity index (χ2v) is 5.10. The first-order valence-electron chi connectivity index (χ1n) is 6.61. The third-order valence-corrected chi connectivity index (χ3v) is 3.51. The number of primary amides is 1. The van der Waals surface area contributed by atoms with Crippen LogP contribution < -0.4 is 5.73 Å². The van der Waals surface area contributed by atoms with Crippen molar-refractivity contribution in [3.8, 4) is 0 Å². The number of hydrogen-bond acceptors (Lipinski definition) is 5. The van der Waals surface area contributed by atoms with Gasteiger partial charge in [-0.1, -0.05) is 0 Å². The molecule has 1 saturated heterocycles. The zero-order valence-corrected chi connectivity index (χ0v) is 11.7. The number of aromatic nitrogens is 2. The molecule has 2 heterocycles. The highest BCUT2D eigenvalue weighted by molar-refractivity contribution is 5.95. The Kier molecular flexibility index (Phi) is 4.29.